The van der Waals surface area contributed by atoms with Crippen LogP contribution in [0, 0.1) is 11.8 Å². The number of benzene rings is 1. The zero-order chi connectivity index (χ0) is 21.7. The molecule has 1 aliphatic heterocycles. The second-order valence-corrected chi connectivity index (χ2v) is 10.1. The highest BCUT2D eigenvalue weighted by atomic mass is 16.3. The van der Waals surface area contributed by atoms with E-state index in [-0.39, 0.29) is 12.5 Å². The zero-order valence-corrected chi connectivity index (χ0v) is 18.8. The summed E-state index contributed by atoms with van der Waals surface area (Å²) in [4.78, 5) is 20.2. The van der Waals surface area contributed by atoms with Crippen LogP contribution in [0.2, 0.25) is 0 Å². The Bertz CT molecular complexity index is 753. The van der Waals surface area contributed by atoms with Crippen molar-refractivity contribution in [2.45, 2.75) is 95.1 Å². The topological polar surface area (TPSA) is 78.9 Å². The predicted molar refractivity (Wildman–Crippen MR) is 124 cm³/mol. The lowest BCUT2D eigenvalue weighted by molar-refractivity contribution is -0.133. The van der Waals surface area contributed by atoms with Gasteiger partial charge in [-0.15, -0.1) is 0 Å². The van der Waals surface area contributed by atoms with Gasteiger partial charge in [0.25, 0.3) is 5.91 Å². The SMILES string of the molecule is NC1=N[C@](CCC2CCCCC2)(CC2CCCCC2)C(=O)N1CC(O)c1ccccc1. The van der Waals surface area contributed by atoms with E-state index in [4.69, 9.17) is 10.7 Å². The summed E-state index contributed by atoms with van der Waals surface area (Å²) in [6.45, 7) is 0.175. The fraction of sp³-hybridized carbons (Fsp3) is 0.692. The summed E-state index contributed by atoms with van der Waals surface area (Å²) in [6.07, 6.45) is 14.7. The number of amides is 1. The third-order valence-electron chi connectivity index (χ3n) is 7.83. The smallest absolute Gasteiger partial charge is 0.257 e. The molecule has 5 heteroatoms. The number of aliphatic imine (C=N–C) groups is 1. The van der Waals surface area contributed by atoms with Gasteiger partial charge in [-0.05, 0) is 36.7 Å². The minimum Gasteiger partial charge on any atom is -0.387 e. The van der Waals surface area contributed by atoms with Gasteiger partial charge in [-0.25, -0.2) is 4.99 Å². The van der Waals surface area contributed by atoms with Crippen LogP contribution in [0.25, 0.3) is 0 Å². The fourth-order valence-corrected chi connectivity index (χ4v) is 6.00. The van der Waals surface area contributed by atoms with Gasteiger partial charge < -0.3 is 10.8 Å². The second-order valence-electron chi connectivity index (χ2n) is 10.1. The molecule has 0 aromatic heterocycles. The molecule has 1 aromatic rings. The number of nitrogens with two attached hydrogens (primary N) is 1. The van der Waals surface area contributed by atoms with Gasteiger partial charge in [0.15, 0.2) is 5.96 Å². The molecule has 5 nitrogen and oxygen atoms in total. The summed E-state index contributed by atoms with van der Waals surface area (Å²) < 4.78 is 0. The van der Waals surface area contributed by atoms with E-state index in [1.165, 1.54) is 64.2 Å². The highest BCUT2D eigenvalue weighted by molar-refractivity contribution is 6.06. The molecule has 0 bridgehead atoms. The monoisotopic (exact) mass is 425 g/mol. The van der Waals surface area contributed by atoms with E-state index >= 15 is 0 Å². The predicted octanol–water partition coefficient (Wildman–Crippen LogP) is 4.95. The number of guanidine groups is 1. The van der Waals surface area contributed by atoms with E-state index in [1.54, 1.807) is 4.90 Å². The lowest BCUT2D eigenvalue weighted by atomic mass is 9.75. The van der Waals surface area contributed by atoms with Gasteiger partial charge in [0.2, 0.25) is 0 Å². The molecular formula is C26H39N3O2. The fourth-order valence-electron chi connectivity index (χ4n) is 6.00. The maximum atomic E-state index is 13.8. The van der Waals surface area contributed by atoms with Crippen LogP contribution in [0.4, 0.5) is 0 Å². The largest absolute Gasteiger partial charge is 0.387 e. The minimum absolute atomic E-state index is 0.0152. The van der Waals surface area contributed by atoms with E-state index < -0.39 is 11.6 Å². The van der Waals surface area contributed by atoms with Gasteiger partial charge in [-0.1, -0.05) is 94.5 Å². The average molecular weight is 426 g/mol. The van der Waals surface area contributed by atoms with Crippen LogP contribution in [0.3, 0.4) is 0 Å². The Labute approximate surface area is 187 Å². The quantitative estimate of drug-likeness (QED) is 0.619. The van der Waals surface area contributed by atoms with Crippen molar-refractivity contribution in [3.05, 3.63) is 35.9 Å². The highest BCUT2D eigenvalue weighted by Crippen LogP contribution is 2.41. The minimum atomic E-state index is -0.761. The van der Waals surface area contributed by atoms with Crippen LogP contribution >= 0.6 is 0 Å². The molecular weight excluding hydrogens is 386 g/mol. The first-order chi connectivity index (χ1) is 15.1. The zero-order valence-electron chi connectivity index (χ0n) is 18.8. The molecule has 2 aliphatic carbocycles. The van der Waals surface area contributed by atoms with Crippen LogP contribution < -0.4 is 5.73 Å². The average Bonchev–Trinajstić information content (AvgIpc) is 3.04. The Morgan fingerprint density at radius 1 is 1.00 bits per heavy atom. The maximum Gasteiger partial charge on any atom is 0.257 e. The van der Waals surface area contributed by atoms with Gasteiger partial charge in [0.05, 0.1) is 12.6 Å². The molecule has 0 spiro atoms. The van der Waals surface area contributed by atoms with Crippen LogP contribution in [0.5, 0.6) is 0 Å². The van der Waals surface area contributed by atoms with Gasteiger partial charge >= 0.3 is 0 Å². The van der Waals surface area contributed by atoms with Gasteiger partial charge in [-0.3, -0.25) is 9.69 Å². The van der Waals surface area contributed by atoms with Gasteiger partial charge in [0, 0.05) is 0 Å². The first kappa shape index (κ1) is 22.3. The van der Waals surface area contributed by atoms with E-state index in [9.17, 15) is 9.90 Å². The van der Waals surface area contributed by atoms with Gasteiger partial charge in [-0.2, -0.15) is 0 Å². The summed E-state index contributed by atoms with van der Waals surface area (Å²) >= 11 is 0. The van der Waals surface area contributed by atoms with Crippen molar-refractivity contribution in [2.75, 3.05) is 6.54 Å². The standard InChI is InChI=1S/C26H39N3O2/c27-25-28-26(18-21-12-6-2-7-13-21,17-16-20-10-4-1-5-11-20)24(31)29(25)19-23(30)22-14-8-3-9-15-22/h3,8-9,14-15,20-21,23,30H,1-2,4-7,10-13,16-19H2,(H2,27,28)/t23?,26-/m1/s1. The molecule has 3 aliphatic rings. The molecule has 1 unspecified atom stereocenters. The highest BCUT2D eigenvalue weighted by Gasteiger charge is 2.49. The molecule has 2 atom stereocenters. The summed E-state index contributed by atoms with van der Waals surface area (Å²) in [7, 11) is 0. The molecule has 2 saturated carbocycles. The first-order valence-electron chi connectivity index (χ1n) is 12.5. The number of rotatable bonds is 8. The van der Waals surface area contributed by atoms with Crippen molar-refractivity contribution < 1.29 is 9.90 Å². The molecule has 0 radical (unpaired) electrons. The van der Waals surface area contributed by atoms with Crippen LogP contribution in [0.15, 0.2) is 35.3 Å². The molecule has 31 heavy (non-hydrogen) atoms. The molecule has 3 N–H and O–H groups in total. The van der Waals surface area contributed by atoms with Crippen molar-refractivity contribution in [1.29, 1.82) is 0 Å². The lowest BCUT2D eigenvalue weighted by Crippen LogP contribution is -2.47. The molecule has 1 heterocycles. The summed E-state index contributed by atoms with van der Waals surface area (Å²) in [5, 5.41) is 10.7. The number of aliphatic hydroxyl groups is 1. The number of hydrogen-bond acceptors (Lipinski definition) is 4. The Kier molecular flexibility index (Phi) is 7.31. The normalized spacial score (nSPS) is 26.8. The van der Waals surface area contributed by atoms with E-state index in [2.05, 4.69) is 0 Å². The number of aliphatic hydroxyl groups excluding tert-OH is 1. The summed E-state index contributed by atoms with van der Waals surface area (Å²) in [5.74, 6) is 1.57. The molecule has 2 fully saturated rings. The van der Waals surface area contributed by atoms with E-state index in [0.29, 0.717) is 17.8 Å². The lowest BCUT2D eigenvalue weighted by Gasteiger charge is -2.33. The van der Waals surface area contributed by atoms with E-state index in [0.717, 1.165) is 24.8 Å². The van der Waals surface area contributed by atoms with Crippen LogP contribution in [-0.4, -0.2) is 34.0 Å². The number of carbonyl (C=O) groups excluding carboxylic acids is 1. The number of nitrogens with zero attached hydrogens (tertiary/aromatic N) is 2. The summed E-state index contributed by atoms with van der Waals surface area (Å²) in [5.41, 5.74) is 6.41. The Morgan fingerprint density at radius 2 is 1.61 bits per heavy atom. The Hall–Kier alpha value is -1.88. The van der Waals surface area contributed by atoms with Crippen LogP contribution in [-0.2, 0) is 4.79 Å². The number of hydrogen-bond donors (Lipinski definition) is 2. The molecule has 0 saturated heterocycles. The van der Waals surface area contributed by atoms with Crippen molar-refractivity contribution in [1.82, 2.24) is 4.90 Å². The Balaban J connectivity index is 1.49. The molecule has 4 rings (SSSR count). The third kappa shape index (κ3) is 5.31. The van der Waals surface area contributed by atoms with Gasteiger partial charge in [0.1, 0.15) is 5.54 Å². The van der Waals surface area contributed by atoms with Crippen molar-refractivity contribution >= 4 is 11.9 Å². The number of carbonyl (C=O) groups is 1. The van der Waals surface area contributed by atoms with Crippen molar-refractivity contribution in [2.24, 2.45) is 22.6 Å². The van der Waals surface area contributed by atoms with Crippen LogP contribution in [0.1, 0.15) is 95.1 Å². The second kappa shape index (κ2) is 10.2. The van der Waals surface area contributed by atoms with Crippen molar-refractivity contribution in [3.63, 3.8) is 0 Å². The van der Waals surface area contributed by atoms with E-state index in [1.807, 2.05) is 30.3 Å². The first-order valence-corrected chi connectivity index (χ1v) is 12.5. The summed E-state index contributed by atoms with van der Waals surface area (Å²) in [6, 6.07) is 9.50. The Morgan fingerprint density at radius 3 is 2.26 bits per heavy atom. The molecule has 170 valence electrons. The number of β-amino-alcohol motifs (C(OH)–C–C–N with tert-alkyl or cyclic N) is 1. The molecule has 1 aromatic carbocycles. The maximum absolute atomic E-state index is 13.8. The van der Waals surface area contributed by atoms with Crippen molar-refractivity contribution in [3.8, 4) is 0 Å². The third-order valence-corrected chi connectivity index (χ3v) is 7.83. The molecule has 1 amide bonds.